The summed E-state index contributed by atoms with van der Waals surface area (Å²) in [6.07, 6.45) is 4.95. The minimum Gasteiger partial charge on any atom is -0.497 e. The van der Waals surface area contributed by atoms with Gasteiger partial charge >= 0.3 is 7.12 Å². The van der Waals surface area contributed by atoms with Crippen molar-refractivity contribution in [3.63, 3.8) is 0 Å². The number of hydrogen-bond donors (Lipinski definition) is 4. The molecule has 0 aliphatic carbocycles. The second kappa shape index (κ2) is 6.71. The van der Waals surface area contributed by atoms with E-state index in [4.69, 9.17) is 10.5 Å². The smallest absolute Gasteiger partial charge is 0.492 e. The highest BCUT2D eigenvalue weighted by molar-refractivity contribution is 6.60. The molecule has 4 aromatic rings. The van der Waals surface area contributed by atoms with E-state index in [9.17, 15) is 10.0 Å². The van der Waals surface area contributed by atoms with Crippen molar-refractivity contribution in [2.45, 2.75) is 0 Å². The molecular weight excluding hydrogens is 345 g/mol. The van der Waals surface area contributed by atoms with Gasteiger partial charge in [-0.15, -0.1) is 0 Å². The Labute approximate surface area is 154 Å². The summed E-state index contributed by atoms with van der Waals surface area (Å²) >= 11 is 0. The largest absolute Gasteiger partial charge is 0.497 e. The fourth-order valence-corrected chi connectivity index (χ4v) is 3.10. The molecule has 0 fully saturated rings. The standard InChI is InChI=1S/C18H16BN5O3/c1-27-18-6-14(11-7-21-22-8-11)13(5-15(18)19(25)26)10-2-3-12-16(20)9-23-24-17(12)4-10/h2-9,25-26H,1H3,(H2,20,24)(H,21,22). The summed E-state index contributed by atoms with van der Waals surface area (Å²) in [7, 11) is -0.193. The summed E-state index contributed by atoms with van der Waals surface area (Å²) in [5, 5.41) is 35.1. The third-order valence-electron chi connectivity index (χ3n) is 4.44. The van der Waals surface area contributed by atoms with Crippen molar-refractivity contribution < 1.29 is 14.8 Å². The first kappa shape index (κ1) is 17.0. The molecule has 0 spiro atoms. The monoisotopic (exact) mass is 361 g/mol. The number of nitrogens with two attached hydrogens (primary N) is 1. The number of ether oxygens (including phenoxy) is 1. The maximum Gasteiger partial charge on any atom is 0.492 e. The second-order valence-corrected chi connectivity index (χ2v) is 6.03. The molecule has 0 radical (unpaired) electrons. The van der Waals surface area contributed by atoms with Crippen LogP contribution in [0.25, 0.3) is 33.2 Å². The summed E-state index contributed by atoms with van der Waals surface area (Å²) in [5.41, 5.74) is 10.7. The molecule has 27 heavy (non-hydrogen) atoms. The first-order chi connectivity index (χ1) is 13.1. The van der Waals surface area contributed by atoms with E-state index in [1.54, 1.807) is 24.5 Å². The number of rotatable bonds is 4. The van der Waals surface area contributed by atoms with Gasteiger partial charge in [-0.3, -0.25) is 5.10 Å². The van der Waals surface area contributed by atoms with Gasteiger partial charge in [-0.1, -0.05) is 12.1 Å². The number of aromatic nitrogens is 4. The average Bonchev–Trinajstić information content (AvgIpc) is 3.21. The molecule has 5 N–H and O–H groups in total. The van der Waals surface area contributed by atoms with Crippen molar-refractivity contribution in [3.8, 4) is 28.0 Å². The second-order valence-electron chi connectivity index (χ2n) is 6.03. The Kier molecular flexibility index (Phi) is 4.23. The van der Waals surface area contributed by atoms with E-state index in [0.717, 1.165) is 27.6 Å². The van der Waals surface area contributed by atoms with Crippen molar-refractivity contribution in [2.24, 2.45) is 0 Å². The first-order valence-corrected chi connectivity index (χ1v) is 8.17. The van der Waals surface area contributed by atoms with E-state index in [1.165, 1.54) is 13.3 Å². The van der Waals surface area contributed by atoms with Crippen LogP contribution in [0.3, 0.4) is 0 Å². The molecule has 8 nitrogen and oxygen atoms in total. The van der Waals surface area contributed by atoms with Crippen LogP contribution in [-0.4, -0.2) is 44.7 Å². The highest BCUT2D eigenvalue weighted by Crippen LogP contribution is 2.35. The van der Waals surface area contributed by atoms with Gasteiger partial charge in [0.05, 0.1) is 30.7 Å². The minimum atomic E-state index is -1.67. The lowest BCUT2D eigenvalue weighted by Gasteiger charge is -2.15. The molecule has 0 saturated heterocycles. The normalized spacial score (nSPS) is 10.9. The zero-order valence-corrected chi connectivity index (χ0v) is 14.4. The van der Waals surface area contributed by atoms with Crippen LogP contribution in [-0.2, 0) is 0 Å². The minimum absolute atomic E-state index is 0.263. The molecule has 0 aliphatic rings. The van der Waals surface area contributed by atoms with Crippen molar-refractivity contribution in [1.29, 1.82) is 0 Å². The molecule has 2 heterocycles. The van der Waals surface area contributed by atoms with Crippen LogP contribution in [0, 0.1) is 0 Å². The van der Waals surface area contributed by atoms with Gasteiger partial charge in [0, 0.05) is 22.6 Å². The van der Waals surface area contributed by atoms with Crippen LogP contribution >= 0.6 is 0 Å². The van der Waals surface area contributed by atoms with Gasteiger partial charge < -0.3 is 20.5 Å². The van der Waals surface area contributed by atoms with E-state index in [2.05, 4.69) is 20.4 Å². The van der Waals surface area contributed by atoms with Crippen LogP contribution in [0.1, 0.15) is 0 Å². The molecule has 0 amide bonds. The predicted molar refractivity (Wildman–Crippen MR) is 103 cm³/mol. The maximum absolute atomic E-state index is 9.75. The predicted octanol–water partition coefficient (Wildman–Crippen LogP) is 0.957. The molecule has 2 aromatic heterocycles. The third-order valence-corrected chi connectivity index (χ3v) is 4.44. The van der Waals surface area contributed by atoms with Crippen LogP contribution in [0.15, 0.2) is 48.9 Å². The Hall–Kier alpha value is -3.43. The summed E-state index contributed by atoms with van der Waals surface area (Å²) in [6.45, 7) is 0. The SMILES string of the molecule is COc1cc(-c2cn[nH]c2)c(-c2ccc3c(N)cnnc3c2)cc1B(O)O. The lowest BCUT2D eigenvalue weighted by molar-refractivity contribution is 0.403. The Morgan fingerprint density at radius 3 is 2.59 bits per heavy atom. The van der Waals surface area contributed by atoms with E-state index >= 15 is 0 Å². The molecule has 4 rings (SSSR count). The number of fused-ring (bicyclic) bond motifs is 1. The van der Waals surface area contributed by atoms with Gasteiger partial charge in [0.15, 0.2) is 0 Å². The average molecular weight is 361 g/mol. The van der Waals surface area contributed by atoms with Gasteiger partial charge in [0.1, 0.15) is 5.75 Å². The molecular formula is C18H16BN5O3. The summed E-state index contributed by atoms with van der Waals surface area (Å²) in [6, 6.07) is 9.07. The Balaban J connectivity index is 1.99. The van der Waals surface area contributed by atoms with Crippen molar-refractivity contribution >= 4 is 29.2 Å². The molecule has 0 atom stereocenters. The van der Waals surface area contributed by atoms with Gasteiger partial charge in [0.2, 0.25) is 0 Å². The lowest BCUT2D eigenvalue weighted by atomic mass is 9.76. The number of nitrogens with zero attached hydrogens (tertiary/aromatic N) is 3. The third kappa shape index (κ3) is 2.99. The van der Waals surface area contributed by atoms with Gasteiger partial charge in [-0.05, 0) is 34.9 Å². The number of aromatic amines is 1. The first-order valence-electron chi connectivity index (χ1n) is 8.17. The van der Waals surface area contributed by atoms with Crippen molar-refractivity contribution in [3.05, 3.63) is 48.9 Å². The van der Waals surface area contributed by atoms with Gasteiger partial charge in [-0.2, -0.15) is 15.3 Å². The Morgan fingerprint density at radius 2 is 1.89 bits per heavy atom. The fraction of sp³-hybridized carbons (Fsp3) is 0.0556. The maximum atomic E-state index is 9.75. The van der Waals surface area contributed by atoms with Gasteiger partial charge in [0.25, 0.3) is 0 Å². The van der Waals surface area contributed by atoms with Crippen LogP contribution < -0.4 is 15.9 Å². The fourth-order valence-electron chi connectivity index (χ4n) is 3.10. The van der Waals surface area contributed by atoms with E-state index < -0.39 is 7.12 Å². The zero-order valence-electron chi connectivity index (χ0n) is 14.4. The molecule has 0 bridgehead atoms. The number of hydrogen-bond acceptors (Lipinski definition) is 7. The number of nitrogen functional groups attached to an aromatic ring is 1. The van der Waals surface area contributed by atoms with Gasteiger partial charge in [-0.25, -0.2) is 0 Å². The molecule has 0 saturated carbocycles. The van der Waals surface area contributed by atoms with E-state index in [0.29, 0.717) is 17.0 Å². The van der Waals surface area contributed by atoms with E-state index in [-0.39, 0.29) is 5.46 Å². The molecule has 0 unspecified atom stereocenters. The number of H-pyrrole nitrogens is 1. The Morgan fingerprint density at radius 1 is 1.07 bits per heavy atom. The number of benzene rings is 2. The summed E-state index contributed by atoms with van der Waals surface area (Å²) < 4.78 is 5.33. The highest BCUT2D eigenvalue weighted by Gasteiger charge is 2.22. The zero-order chi connectivity index (χ0) is 19.0. The molecule has 9 heteroatoms. The summed E-state index contributed by atoms with van der Waals surface area (Å²) in [5.74, 6) is 0.370. The quantitative estimate of drug-likeness (QED) is 0.398. The Bertz CT molecular complexity index is 1120. The van der Waals surface area contributed by atoms with E-state index in [1.807, 2.05) is 18.2 Å². The lowest BCUT2D eigenvalue weighted by Crippen LogP contribution is -2.31. The number of methoxy groups -OCH3 is 1. The van der Waals surface area contributed by atoms with Crippen LogP contribution in [0.2, 0.25) is 0 Å². The van der Waals surface area contributed by atoms with Crippen molar-refractivity contribution in [2.75, 3.05) is 12.8 Å². The van der Waals surface area contributed by atoms with Crippen LogP contribution in [0.4, 0.5) is 5.69 Å². The molecule has 2 aromatic carbocycles. The van der Waals surface area contributed by atoms with Crippen LogP contribution in [0.5, 0.6) is 5.75 Å². The topological polar surface area (TPSA) is 130 Å². The number of nitrogens with one attached hydrogen (secondary N) is 1. The number of anilines is 1. The van der Waals surface area contributed by atoms with Crippen molar-refractivity contribution in [1.82, 2.24) is 20.4 Å². The molecule has 0 aliphatic heterocycles. The summed E-state index contributed by atoms with van der Waals surface area (Å²) in [4.78, 5) is 0. The highest BCUT2D eigenvalue weighted by atomic mass is 16.5. The molecule has 134 valence electrons.